The fourth-order valence-electron chi connectivity index (χ4n) is 2.47. The number of urea groups is 1. The predicted molar refractivity (Wildman–Crippen MR) is 88.8 cm³/mol. The number of hydrogen-bond donors (Lipinski definition) is 2. The molecule has 126 valence electrons. The van der Waals surface area contributed by atoms with Crippen molar-refractivity contribution in [3.05, 3.63) is 59.2 Å². The van der Waals surface area contributed by atoms with Crippen LogP contribution in [-0.2, 0) is 24.4 Å². The Morgan fingerprint density at radius 3 is 2.50 bits per heavy atom. The first-order valence-corrected chi connectivity index (χ1v) is 7.71. The SMILES string of the molecule is COCc1cccc(CNC(=O)NCc2ccc3c(c2)OCO3)c1. The number of fused-ring (bicyclic) bond motifs is 1. The summed E-state index contributed by atoms with van der Waals surface area (Å²) in [5.74, 6) is 1.45. The van der Waals surface area contributed by atoms with Crippen LogP contribution in [0.5, 0.6) is 11.5 Å². The summed E-state index contributed by atoms with van der Waals surface area (Å²) in [5, 5.41) is 5.67. The zero-order valence-corrected chi connectivity index (χ0v) is 13.5. The minimum absolute atomic E-state index is 0.218. The van der Waals surface area contributed by atoms with Gasteiger partial charge in [-0.25, -0.2) is 4.79 Å². The van der Waals surface area contributed by atoms with E-state index in [9.17, 15) is 4.79 Å². The second-order valence-corrected chi connectivity index (χ2v) is 5.48. The maximum atomic E-state index is 11.9. The molecule has 2 N–H and O–H groups in total. The first-order chi connectivity index (χ1) is 11.7. The van der Waals surface area contributed by atoms with E-state index in [0.717, 1.165) is 22.4 Å². The number of carbonyl (C=O) groups is 1. The second kappa shape index (κ2) is 7.70. The van der Waals surface area contributed by atoms with Gasteiger partial charge in [0.1, 0.15) is 0 Å². The summed E-state index contributed by atoms with van der Waals surface area (Å²) in [7, 11) is 1.66. The number of hydrogen-bond acceptors (Lipinski definition) is 4. The van der Waals surface area contributed by atoms with Crippen molar-refractivity contribution in [2.75, 3.05) is 13.9 Å². The molecule has 2 aromatic rings. The summed E-state index contributed by atoms with van der Waals surface area (Å²) in [5.41, 5.74) is 3.07. The molecule has 2 amide bonds. The summed E-state index contributed by atoms with van der Waals surface area (Å²) in [6, 6.07) is 13.3. The topological polar surface area (TPSA) is 68.8 Å². The molecule has 3 rings (SSSR count). The third kappa shape index (κ3) is 4.17. The summed E-state index contributed by atoms with van der Waals surface area (Å²) < 4.78 is 15.7. The zero-order chi connectivity index (χ0) is 16.8. The summed E-state index contributed by atoms with van der Waals surface area (Å²) in [6.45, 7) is 1.69. The van der Waals surface area contributed by atoms with Crippen molar-refractivity contribution in [2.24, 2.45) is 0 Å². The second-order valence-electron chi connectivity index (χ2n) is 5.48. The highest BCUT2D eigenvalue weighted by Gasteiger charge is 2.13. The van der Waals surface area contributed by atoms with Gasteiger partial charge in [-0.2, -0.15) is 0 Å². The molecule has 2 aromatic carbocycles. The summed E-state index contributed by atoms with van der Waals surface area (Å²) in [6.07, 6.45) is 0. The molecule has 24 heavy (non-hydrogen) atoms. The third-order valence-electron chi connectivity index (χ3n) is 3.65. The number of amides is 2. The van der Waals surface area contributed by atoms with Crippen LogP contribution >= 0.6 is 0 Å². The molecule has 1 aliphatic rings. The Morgan fingerprint density at radius 1 is 1.00 bits per heavy atom. The molecular formula is C18H20N2O4. The van der Waals surface area contributed by atoms with Gasteiger partial charge in [0, 0.05) is 20.2 Å². The van der Waals surface area contributed by atoms with Crippen LogP contribution in [0.25, 0.3) is 0 Å². The first kappa shape index (κ1) is 16.1. The lowest BCUT2D eigenvalue weighted by Crippen LogP contribution is -2.34. The van der Waals surface area contributed by atoms with Crippen molar-refractivity contribution in [3.63, 3.8) is 0 Å². The minimum Gasteiger partial charge on any atom is -0.454 e. The molecule has 0 saturated heterocycles. The van der Waals surface area contributed by atoms with Crippen LogP contribution in [0, 0.1) is 0 Å². The van der Waals surface area contributed by atoms with Crippen LogP contribution in [0.1, 0.15) is 16.7 Å². The van der Waals surface area contributed by atoms with Crippen LogP contribution in [-0.4, -0.2) is 19.9 Å². The highest BCUT2D eigenvalue weighted by molar-refractivity contribution is 5.73. The molecule has 0 unspecified atom stereocenters. The van der Waals surface area contributed by atoms with Gasteiger partial charge in [-0.1, -0.05) is 30.3 Å². The lowest BCUT2D eigenvalue weighted by atomic mass is 10.1. The van der Waals surface area contributed by atoms with E-state index in [4.69, 9.17) is 14.2 Å². The maximum absolute atomic E-state index is 11.9. The zero-order valence-electron chi connectivity index (χ0n) is 13.5. The maximum Gasteiger partial charge on any atom is 0.315 e. The lowest BCUT2D eigenvalue weighted by Gasteiger charge is -2.09. The van der Waals surface area contributed by atoms with Crippen LogP contribution in [0.3, 0.4) is 0 Å². The van der Waals surface area contributed by atoms with E-state index < -0.39 is 0 Å². The van der Waals surface area contributed by atoms with Gasteiger partial charge in [-0.05, 0) is 28.8 Å². The minimum atomic E-state index is -0.218. The van der Waals surface area contributed by atoms with Crippen molar-refractivity contribution >= 4 is 6.03 Å². The predicted octanol–water partition coefficient (Wildman–Crippen LogP) is 2.56. The van der Waals surface area contributed by atoms with Crippen molar-refractivity contribution in [1.82, 2.24) is 10.6 Å². The molecule has 6 nitrogen and oxygen atoms in total. The largest absolute Gasteiger partial charge is 0.454 e. The van der Waals surface area contributed by atoms with Crippen molar-refractivity contribution in [1.29, 1.82) is 0 Å². The molecule has 0 fully saturated rings. The number of ether oxygens (including phenoxy) is 3. The standard InChI is InChI=1S/C18H20N2O4/c1-22-11-15-4-2-3-13(7-15)9-19-18(21)20-10-14-5-6-16-17(8-14)24-12-23-16/h2-8H,9-12H2,1H3,(H2,19,20,21). The molecule has 1 heterocycles. The van der Waals surface area contributed by atoms with E-state index in [-0.39, 0.29) is 12.8 Å². The molecule has 0 saturated carbocycles. The Hall–Kier alpha value is -2.73. The van der Waals surface area contributed by atoms with Crippen molar-refractivity contribution in [2.45, 2.75) is 19.7 Å². The van der Waals surface area contributed by atoms with E-state index in [2.05, 4.69) is 10.6 Å². The van der Waals surface area contributed by atoms with Gasteiger partial charge < -0.3 is 24.8 Å². The monoisotopic (exact) mass is 328 g/mol. The molecule has 0 aromatic heterocycles. The number of rotatable bonds is 6. The summed E-state index contributed by atoms with van der Waals surface area (Å²) in [4.78, 5) is 11.9. The van der Waals surface area contributed by atoms with E-state index in [0.29, 0.717) is 25.4 Å². The highest BCUT2D eigenvalue weighted by Crippen LogP contribution is 2.32. The van der Waals surface area contributed by atoms with Crippen molar-refractivity contribution in [3.8, 4) is 11.5 Å². The highest BCUT2D eigenvalue weighted by atomic mass is 16.7. The van der Waals surface area contributed by atoms with Crippen LogP contribution < -0.4 is 20.1 Å². The Balaban J connectivity index is 1.46. The van der Waals surface area contributed by atoms with Gasteiger partial charge in [-0.3, -0.25) is 0 Å². The normalized spacial score (nSPS) is 12.0. The quantitative estimate of drug-likeness (QED) is 0.855. The van der Waals surface area contributed by atoms with Gasteiger partial charge in [0.05, 0.1) is 6.61 Å². The van der Waals surface area contributed by atoms with Crippen LogP contribution in [0.15, 0.2) is 42.5 Å². The van der Waals surface area contributed by atoms with Gasteiger partial charge in [0.2, 0.25) is 6.79 Å². The molecular weight excluding hydrogens is 308 g/mol. The average molecular weight is 328 g/mol. The van der Waals surface area contributed by atoms with Crippen molar-refractivity contribution < 1.29 is 19.0 Å². The first-order valence-electron chi connectivity index (χ1n) is 7.71. The number of benzene rings is 2. The van der Waals surface area contributed by atoms with Crippen LogP contribution in [0.2, 0.25) is 0 Å². The smallest absolute Gasteiger partial charge is 0.315 e. The molecule has 0 atom stereocenters. The fraction of sp³-hybridized carbons (Fsp3) is 0.278. The lowest BCUT2D eigenvalue weighted by molar-refractivity contribution is 0.174. The Morgan fingerprint density at radius 2 is 1.71 bits per heavy atom. The van der Waals surface area contributed by atoms with E-state index in [1.165, 1.54) is 0 Å². The molecule has 0 bridgehead atoms. The Bertz CT molecular complexity index is 718. The van der Waals surface area contributed by atoms with Gasteiger partial charge in [0.15, 0.2) is 11.5 Å². The average Bonchev–Trinajstić information content (AvgIpc) is 3.06. The van der Waals surface area contributed by atoms with E-state index >= 15 is 0 Å². The van der Waals surface area contributed by atoms with E-state index in [1.54, 1.807) is 7.11 Å². The summed E-state index contributed by atoms with van der Waals surface area (Å²) >= 11 is 0. The van der Waals surface area contributed by atoms with Crippen LogP contribution in [0.4, 0.5) is 4.79 Å². The number of carbonyl (C=O) groups excluding carboxylic acids is 1. The number of nitrogens with one attached hydrogen (secondary N) is 2. The van der Waals surface area contributed by atoms with E-state index in [1.807, 2.05) is 42.5 Å². The molecule has 6 heteroatoms. The van der Waals surface area contributed by atoms with Gasteiger partial charge >= 0.3 is 6.03 Å². The number of methoxy groups -OCH3 is 1. The molecule has 0 spiro atoms. The van der Waals surface area contributed by atoms with Gasteiger partial charge in [0.25, 0.3) is 0 Å². The Kier molecular flexibility index (Phi) is 5.18. The molecule has 0 radical (unpaired) electrons. The molecule has 0 aliphatic carbocycles. The third-order valence-corrected chi connectivity index (χ3v) is 3.65. The Labute approximate surface area is 140 Å². The fourth-order valence-corrected chi connectivity index (χ4v) is 2.47. The van der Waals surface area contributed by atoms with Gasteiger partial charge in [-0.15, -0.1) is 0 Å². The molecule has 1 aliphatic heterocycles.